The molecular weight excluding hydrogens is 313 g/mol. The van der Waals surface area contributed by atoms with Crippen molar-refractivity contribution >= 4 is 28.9 Å². The van der Waals surface area contributed by atoms with E-state index < -0.39 is 0 Å². The number of nitrogens with one attached hydrogen (secondary N) is 1. The van der Waals surface area contributed by atoms with Crippen molar-refractivity contribution in [3.8, 4) is 17.2 Å². The number of hydrogen-bond donors (Lipinski definition) is 2. The van der Waals surface area contributed by atoms with E-state index in [9.17, 15) is 5.11 Å². The van der Waals surface area contributed by atoms with Crippen molar-refractivity contribution in [1.82, 2.24) is 0 Å². The molecule has 0 saturated heterocycles. The Balaban J connectivity index is 1.80. The molecule has 110 valence electrons. The number of rotatable bonds is 3. The molecule has 1 heterocycles. The Hall–Kier alpha value is -1.78. The van der Waals surface area contributed by atoms with Crippen molar-refractivity contribution in [1.29, 1.82) is 0 Å². The van der Waals surface area contributed by atoms with E-state index in [2.05, 4.69) is 5.32 Å². The molecule has 3 rings (SSSR count). The number of aromatic hydroxyl groups is 1. The zero-order valence-corrected chi connectivity index (χ0v) is 12.5. The number of benzene rings is 2. The van der Waals surface area contributed by atoms with Gasteiger partial charge in [0.25, 0.3) is 0 Å². The van der Waals surface area contributed by atoms with Gasteiger partial charge in [0.15, 0.2) is 11.5 Å². The van der Waals surface area contributed by atoms with Crippen LogP contribution in [0.15, 0.2) is 30.3 Å². The smallest absolute Gasteiger partial charge is 0.163 e. The summed E-state index contributed by atoms with van der Waals surface area (Å²) < 4.78 is 11.0. The molecule has 2 N–H and O–H groups in total. The zero-order chi connectivity index (χ0) is 14.8. The number of anilines is 1. The Labute approximate surface area is 132 Å². The second-order valence-electron chi connectivity index (χ2n) is 4.58. The fraction of sp³-hybridized carbons (Fsp3) is 0.200. The number of phenols is 1. The van der Waals surface area contributed by atoms with E-state index in [0.717, 1.165) is 0 Å². The summed E-state index contributed by atoms with van der Waals surface area (Å²) in [5.41, 5.74) is 1.40. The van der Waals surface area contributed by atoms with E-state index in [1.807, 2.05) is 0 Å². The molecule has 0 aliphatic carbocycles. The highest BCUT2D eigenvalue weighted by Crippen LogP contribution is 2.38. The number of halogens is 2. The van der Waals surface area contributed by atoms with Crippen LogP contribution in [0.4, 0.5) is 5.69 Å². The SMILES string of the molecule is Oc1c(Cl)cccc1CNc1cc2c(cc1Cl)OCCO2. The highest BCUT2D eigenvalue weighted by Gasteiger charge is 2.15. The van der Waals surface area contributed by atoms with Crippen LogP contribution in [-0.2, 0) is 6.54 Å². The zero-order valence-electron chi connectivity index (χ0n) is 11.0. The highest BCUT2D eigenvalue weighted by molar-refractivity contribution is 6.33. The molecule has 2 aromatic carbocycles. The molecule has 1 aliphatic heterocycles. The molecule has 2 aromatic rings. The van der Waals surface area contributed by atoms with E-state index in [4.69, 9.17) is 32.7 Å². The summed E-state index contributed by atoms with van der Waals surface area (Å²) >= 11 is 12.1. The van der Waals surface area contributed by atoms with E-state index in [1.54, 1.807) is 30.3 Å². The van der Waals surface area contributed by atoms with Crippen molar-refractivity contribution in [3.05, 3.63) is 45.9 Å². The van der Waals surface area contributed by atoms with Crippen LogP contribution in [0.25, 0.3) is 0 Å². The third-order valence-corrected chi connectivity index (χ3v) is 3.79. The molecule has 21 heavy (non-hydrogen) atoms. The first-order valence-corrected chi connectivity index (χ1v) is 7.20. The average Bonchev–Trinajstić information content (AvgIpc) is 2.49. The number of para-hydroxylation sites is 1. The molecule has 0 unspecified atom stereocenters. The Morgan fingerprint density at radius 2 is 1.76 bits per heavy atom. The van der Waals surface area contributed by atoms with Crippen molar-refractivity contribution < 1.29 is 14.6 Å². The van der Waals surface area contributed by atoms with Gasteiger partial charge < -0.3 is 19.9 Å². The first-order chi connectivity index (χ1) is 10.1. The summed E-state index contributed by atoms with van der Waals surface area (Å²) in [6, 6.07) is 8.72. The minimum atomic E-state index is 0.0698. The summed E-state index contributed by atoms with van der Waals surface area (Å²) in [4.78, 5) is 0. The van der Waals surface area contributed by atoms with Crippen LogP contribution in [0.5, 0.6) is 17.2 Å². The van der Waals surface area contributed by atoms with Gasteiger partial charge in [0, 0.05) is 24.2 Å². The Bertz CT molecular complexity index is 676. The fourth-order valence-corrected chi connectivity index (χ4v) is 2.51. The predicted molar refractivity (Wildman–Crippen MR) is 82.9 cm³/mol. The molecule has 0 fully saturated rings. The molecule has 0 bridgehead atoms. The van der Waals surface area contributed by atoms with Crippen molar-refractivity contribution in [3.63, 3.8) is 0 Å². The van der Waals surface area contributed by atoms with Crippen LogP contribution in [0, 0.1) is 0 Å². The molecule has 4 nitrogen and oxygen atoms in total. The van der Waals surface area contributed by atoms with Gasteiger partial charge in [-0.1, -0.05) is 35.3 Å². The lowest BCUT2D eigenvalue weighted by molar-refractivity contribution is 0.171. The molecule has 0 radical (unpaired) electrons. The van der Waals surface area contributed by atoms with Gasteiger partial charge in [-0.25, -0.2) is 0 Å². The predicted octanol–water partition coefficient (Wildman–Crippen LogP) is 4.08. The second kappa shape index (κ2) is 5.92. The first-order valence-electron chi connectivity index (χ1n) is 6.44. The maximum Gasteiger partial charge on any atom is 0.163 e. The fourth-order valence-electron chi connectivity index (χ4n) is 2.09. The van der Waals surface area contributed by atoms with Gasteiger partial charge in [0.1, 0.15) is 19.0 Å². The Kier molecular flexibility index (Phi) is 3.99. The molecular formula is C15H13Cl2NO3. The van der Waals surface area contributed by atoms with Crippen LogP contribution in [0.1, 0.15) is 5.56 Å². The quantitative estimate of drug-likeness (QED) is 0.892. The summed E-state index contributed by atoms with van der Waals surface area (Å²) in [6.45, 7) is 1.43. The number of hydrogen-bond acceptors (Lipinski definition) is 4. The Morgan fingerprint density at radius 1 is 1.05 bits per heavy atom. The molecule has 1 aliphatic rings. The lowest BCUT2D eigenvalue weighted by Gasteiger charge is -2.20. The third kappa shape index (κ3) is 2.96. The topological polar surface area (TPSA) is 50.7 Å². The van der Waals surface area contributed by atoms with Gasteiger partial charge in [0.05, 0.1) is 15.7 Å². The van der Waals surface area contributed by atoms with Crippen LogP contribution in [0.2, 0.25) is 10.0 Å². The maximum absolute atomic E-state index is 9.89. The van der Waals surface area contributed by atoms with E-state index in [0.29, 0.717) is 52.6 Å². The molecule has 0 amide bonds. The Morgan fingerprint density at radius 3 is 2.52 bits per heavy atom. The summed E-state index contributed by atoms with van der Waals surface area (Å²) in [6.07, 6.45) is 0. The van der Waals surface area contributed by atoms with E-state index in [-0.39, 0.29) is 5.75 Å². The lowest BCUT2D eigenvalue weighted by atomic mass is 10.2. The molecule has 0 atom stereocenters. The van der Waals surface area contributed by atoms with Crippen LogP contribution >= 0.6 is 23.2 Å². The second-order valence-corrected chi connectivity index (χ2v) is 5.39. The maximum atomic E-state index is 9.89. The van der Waals surface area contributed by atoms with Gasteiger partial charge in [0.2, 0.25) is 0 Å². The number of ether oxygens (including phenoxy) is 2. The third-order valence-electron chi connectivity index (χ3n) is 3.17. The van der Waals surface area contributed by atoms with Crippen LogP contribution < -0.4 is 14.8 Å². The van der Waals surface area contributed by atoms with E-state index in [1.165, 1.54) is 0 Å². The lowest BCUT2D eigenvalue weighted by Crippen LogP contribution is -2.15. The van der Waals surface area contributed by atoms with E-state index >= 15 is 0 Å². The minimum Gasteiger partial charge on any atom is -0.506 e. The van der Waals surface area contributed by atoms with Crippen molar-refractivity contribution in [2.24, 2.45) is 0 Å². The number of phenolic OH excluding ortho intramolecular Hbond substituents is 1. The summed E-state index contributed by atoms with van der Waals surface area (Å²) in [5.74, 6) is 1.37. The first kappa shape index (κ1) is 14.2. The van der Waals surface area contributed by atoms with Crippen molar-refractivity contribution in [2.75, 3.05) is 18.5 Å². The van der Waals surface area contributed by atoms with Gasteiger partial charge in [-0.2, -0.15) is 0 Å². The van der Waals surface area contributed by atoms with Crippen LogP contribution in [0.3, 0.4) is 0 Å². The van der Waals surface area contributed by atoms with Crippen LogP contribution in [-0.4, -0.2) is 18.3 Å². The van der Waals surface area contributed by atoms with Gasteiger partial charge in [-0.15, -0.1) is 0 Å². The minimum absolute atomic E-state index is 0.0698. The average molecular weight is 326 g/mol. The summed E-state index contributed by atoms with van der Waals surface area (Å²) in [7, 11) is 0. The molecule has 0 aromatic heterocycles. The monoisotopic (exact) mass is 325 g/mol. The molecule has 0 spiro atoms. The largest absolute Gasteiger partial charge is 0.506 e. The molecule has 6 heteroatoms. The number of fused-ring (bicyclic) bond motifs is 1. The van der Waals surface area contributed by atoms with Gasteiger partial charge in [-0.3, -0.25) is 0 Å². The van der Waals surface area contributed by atoms with Gasteiger partial charge >= 0.3 is 0 Å². The highest BCUT2D eigenvalue weighted by atomic mass is 35.5. The molecule has 0 saturated carbocycles. The standard InChI is InChI=1S/C15H13Cl2NO3/c16-10-3-1-2-9(15(10)19)8-18-12-7-14-13(6-11(12)17)20-4-5-21-14/h1-3,6-7,18-19H,4-5,8H2. The van der Waals surface area contributed by atoms with Crippen molar-refractivity contribution in [2.45, 2.75) is 6.54 Å². The normalized spacial score (nSPS) is 13.0. The van der Waals surface area contributed by atoms with Gasteiger partial charge in [-0.05, 0) is 6.07 Å². The summed E-state index contributed by atoms with van der Waals surface area (Å²) in [5, 5.41) is 13.9.